The van der Waals surface area contributed by atoms with Gasteiger partial charge in [-0.2, -0.15) is 0 Å². The number of nitrogens with zero attached hydrogens (tertiary/aromatic N) is 1. The predicted molar refractivity (Wildman–Crippen MR) is 61.9 cm³/mol. The van der Waals surface area contributed by atoms with Gasteiger partial charge in [-0.1, -0.05) is 18.2 Å². The summed E-state index contributed by atoms with van der Waals surface area (Å²) in [5.41, 5.74) is 1.56. The summed E-state index contributed by atoms with van der Waals surface area (Å²) >= 11 is 0. The van der Waals surface area contributed by atoms with Crippen LogP contribution in [0.15, 0.2) is 24.3 Å². The van der Waals surface area contributed by atoms with Gasteiger partial charge in [-0.3, -0.25) is 9.59 Å². The lowest BCUT2D eigenvalue weighted by atomic mass is 9.89. The van der Waals surface area contributed by atoms with Gasteiger partial charge in [0.15, 0.2) is 0 Å². The first-order chi connectivity index (χ1) is 8.18. The van der Waals surface area contributed by atoms with E-state index in [1.165, 1.54) is 0 Å². The van der Waals surface area contributed by atoms with Gasteiger partial charge in [0.2, 0.25) is 5.91 Å². The third-order valence-corrected chi connectivity index (χ3v) is 3.43. The van der Waals surface area contributed by atoms with Gasteiger partial charge < -0.3 is 10.0 Å². The van der Waals surface area contributed by atoms with Gasteiger partial charge in [0.25, 0.3) is 0 Å². The minimum absolute atomic E-state index is 0.0569. The highest BCUT2D eigenvalue weighted by Crippen LogP contribution is 2.41. The average Bonchev–Trinajstić information content (AvgIpc) is 3.12. The van der Waals surface area contributed by atoms with Crippen LogP contribution in [0.5, 0.6) is 0 Å². The van der Waals surface area contributed by atoms with Crippen LogP contribution in [0.2, 0.25) is 0 Å². The maximum absolute atomic E-state index is 12.0. The second-order valence-corrected chi connectivity index (χ2v) is 4.65. The summed E-state index contributed by atoms with van der Waals surface area (Å²) in [6.45, 7) is 0. The van der Waals surface area contributed by atoms with Crippen molar-refractivity contribution in [2.75, 3.05) is 4.90 Å². The Balaban J connectivity index is 2.09. The van der Waals surface area contributed by atoms with Crippen LogP contribution in [0.1, 0.15) is 30.7 Å². The summed E-state index contributed by atoms with van der Waals surface area (Å²) in [6.07, 6.45) is 2.14. The van der Waals surface area contributed by atoms with E-state index in [4.69, 9.17) is 0 Å². The first-order valence-electron chi connectivity index (χ1n) is 5.82. The summed E-state index contributed by atoms with van der Waals surface area (Å²) < 4.78 is 0. The van der Waals surface area contributed by atoms with Crippen LogP contribution >= 0.6 is 0 Å². The Morgan fingerprint density at radius 2 is 2.00 bits per heavy atom. The molecule has 1 N–H and O–H groups in total. The Morgan fingerprint density at radius 3 is 2.65 bits per heavy atom. The summed E-state index contributed by atoms with van der Waals surface area (Å²) in [7, 11) is 0. The number of hydrogen-bond donors (Lipinski definition) is 1. The second-order valence-electron chi connectivity index (χ2n) is 4.65. The van der Waals surface area contributed by atoms with Gasteiger partial charge in [-0.15, -0.1) is 0 Å². The Bertz CT molecular complexity index is 493. The van der Waals surface area contributed by atoms with Crippen molar-refractivity contribution in [1.29, 1.82) is 0 Å². The first kappa shape index (κ1) is 10.3. The van der Waals surface area contributed by atoms with E-state index >= 15 is 0 Å². The van der Waals surface area contributed by atoms with Gasteiger partial charge in [0.05, 0.1) is 5.92 Å². The first-order valence-corrected chi connectivity index (χ1v) is 5.82. The number of anilines is 1. The number of carboxylic acids is 1. The van der Waals surface area contributed by atoms with E-state index in [9.17, 15) is 14.7 Å². The van der Waals surface area contributed by atoms with Crippen LogP contribution in [0, 0.1) is 0 Å². The number of carboxylic acid groups (broad SMARTS) is 1. The molecule has 1 fully saturated rings. The van der Waals surface area contributed by atoms with E-state index in [-0.39, 0.29) is 12.3 Å². The van der Waals surface area contributed by atoms with E-state index in [0.29, 0.717) is 6.04 Å². The molecular formula is C13H13NO3. The number of fused-ring (bicyclic) bond motifs is 1. The Kier molecular flexibility index (Phi) is 2.18. The lowest BCUT2D eigenvalue weighted by Crippen LogP contribution is -2.39. The quantitative estimate of drug-likeness (QED) is 0.843. The summed E-state index contributed by atoms with van der Waals surface area (Å²) in [4.78, 5) is 25.0. The van der Waals surface area contributed by atoms with Crippen molar-refractivity contribution >= 4 is 17.6 Å². The molecule has 1 aliphatic carbocycles. The number of aliphatic carboxylic acids is 1. The van der Waals surface area contributed by atoms with Gasteiger partial charge in [-0.05, 0) is 24.5 Å². The molecule has 0 bridgehead atoms. The zero-order valence-corrected chi connectivity index (χ0v) is 9.30. The molecule has 1 saturated carbocycles. The number of amides is 1. The minimum atomic E-state index is -0.916. The van der Waals surface area contributed by atoms with Gasteiger partial charge in [-0.25, -0.2) is 0 Å². The van der Waals surface area contributed by atoms with Crippen molar-refractivity contribution < 1.29 is 14.7 Å². The standard InChI is InChI=1S/C13H13NO3/c15-12-7-10(13(16)17)9-3-1-2-4-11(9)14(12)8-5-6-8/h1-4,8,10H,5-7H2,(H,16,17). The maximum Gasteiger partial charge on any atom is 0.311 e. The third-order valence-electron chi connectivity index (χ3n) is 3.43. The fraction of sp³-hybridized carbons (Fsp3) is 0.385. The zero-order chi connectivity index (χ0) is 12.0. The van der Waals surface area contributed by atoms with Crippen LogP contribution in [-0.4, -0.2) is 23.0 Å². The van der Waals surface area contributed by atoms with Crippen molar-refractivity contribution in [1.82, 2.24) is 0 Å². The fourth-order valence-electron chi connectivity index (χ4n) is 2.47. The van der Waals surface area contributed by atoms with Crippen molar-refractivity contribution in [2.45, 2.75) is 31.2 Å². The Hall–Kier alpha value is -1.84. The largest absolute Gasteiger partial charge is 0.481 e. The molecule has 88 valence electrons. The van der Waals surface area contributed by atoms with Crippen molar-refractivity contribution in [3.8, 4) is 0 Å². The van der Waals surface area contributed by atoms with Crippen LogP contribution in [0.3, 0.4) is 0 Å². The Morgan fingerprint density at radius 1 is 1.29 bits per heavy atom. The fourth-order valence-corrected chi connectivity index (χ4v) is 2.47. The van der Waals surface area contributed by atoms with Crippen molar-refractivity contribution in [3.63, 3.8) is 0 Å². The predicted octanol–water partition coefficient (Wildman–Crippen LogP) is 1.75. The molecular weight excluding hydrogens is 218 g/mol. The molecule has 0 aromatic heterocycles. The molecule has 1 aromatic rings. The highest BCUT2D eigenvalue weighted by molar-refractivity contribution is 6.02. The zero-order valence-electron chi connectivity index (χ0n) is 9.30. The van der Waals surface area contributed by atoms with E-state index in [1.54, 1.807) is 4.90 Å². The third kappa shape index (κ3) is 1.60. The molecule has 4 nitrogen and oxygen atoms in total. The minimum Gasteiger partial charge on any atom is -0.481 e. The average molecular weight is 231 g/mol. The Labute approximate surface area is 98.9 Å². The van der Waals surface area contributed by atoms with E-state index in [2.05, 4.69) is 0 Å². The summed E-state index contributed by atoms with van der Waals surface area (Å²) in [6, 6.07) is 7.64. The molecule has 0 saturated heterocycles. The number of carbonyl (C=O) groups is 2. The van der Waals surface area contributed by atoms with Crippen molar-refractivity contribution in [3.05, 3.63) is 29.8 Å². The number of para-hydroxylation sites is 1. The molecule has 17 heavy (non-hydrogen) atoms. The van der Waals surface area contributed by atoms with E-state index < -0.39 is 11.9 Å². The van der Waals surface area contributed by atoms with E-state index in [1.807, 2.05) is 24.3 Å². The highest BCUT2D eigenvalue weighted by atomic mass is 16.4. The SMILES string of the molecule is O=C(O)C1CC(=O)N(C2CC2)c2ccccc21. The number of hydrogen-bond acceptors (Lipinski definition) is 2. The lowest BCUT2D eigenvalue weighted by molar-refractivity contribution is -0.140. The second kappa shape index (κ2) is 3.58. The molecule has 0 spiro atoms. The van der Waals surface area contributed by atoms with Gasteiger partial charge in [0, 0.05) is 18.2 Å². The van der Waals surface area contributed by atoms with E-state index in [0.717, 1.165) is 24.1 Å². The topological polar surface area (TPSA) is 57.6 Å². The molecule has 1 aliphatic heterocycles. The molecule has 3 rings (SSSR count). The summed E-state index contributed by atoms with van der Waals surface area (Å²) in [5, 5.41) is 9.17. The molecule has 1 amide bonds. The van der Waals surface area contributed by atoms with Crippen LogP contribution in [-0.2, 0) is 9.59 Å². The maximum atomic E-state index is 12.0. The summed E-state index contributed by atoms with van der Waals surface area (Å²) in [5.74, 6) is -1.66. The normalized spacial score (nSPS) is 23.4. The van der Waals surface area contributed by atoms with Crippen LogP contribution < -0.4 is 4.90 Å². The van der Waals surface area contributed by atoms with Crippen LogP contribution in [0.4, 0.5) is 5.69 Å². The number of rotatable bonds is 2. The molecule has 1 aromatic carbocycles. The smallest absolute Gasteiger partial charge is 0.311 e. The highest BCUT2D eigenvalue weighted by Gasteiger charge is 2.41. The van der Waals surface area contributed by atoms with Crippen molar-refractivity contribution in [2.24, 2.45) is 0 Å². The molecule has 1 unspecified atom stereocenters. The monoisotopic (exact) mass is 231 g/mol. The lowest BCUT2D eigenvalue weighted by Gasteiger charge is -2.32. The number of benzene rings is 1. The number of carbonyl (C=O) groups excluding carboxylic acids is 1. The van der Waals surface area contributed by atoms with Gasteiger partial charge in [0.1, 0.15) is 0 Å². The van der Waals surface area contributed by atoms with Crippen LogP contribution in [0.25, 0.3) is 0 Å². The molecule has 2 aliphatic rings. The molecule has 0 radical (unpaired) electrons. The molecule has 1 heterocycles. The van der Waals surface area contributed by atoms with Gasteiger partial charge >= 0.3 is 5.97 Å². The molecule has 4 heteroatoms. The molecule has 1 atom stereocenters.